The van der Waals surface area contributed by atoms with Crippen LogP contribution in [0.3, 0.4) is 0 Å². The summed E-state index contributed by atoms with van der Waals surface area (Å²) in [6, 6.07) is 1.87. The molecule has 0 saturated carbocycles. The lowest BCUT2D eigenvalue weighted by Gasteiger charge is -2.05. The molecule has 2 rings (SSSR count). The van der Waals surface area contributed by atoms with Gasteiger partial charge in [-0.1, -0.05) is 0 Å². The standard InChI is InChI=1S/C10H13BrN4O2S2/c1-6-9(10(12)14-15(6)2)19(16,17)13-4-8-3-7(11)5-18-8/h3,5,13H,4H2,1-2H3,(H2,12,14). The van der Waals surface area contributed by atoms with Crippen LogP contribution in [-0.2, 0) is 23.6 Å². The van der Waals surface area contributed by atoms with E-state index in [2.05, 4.69) is 25.8 Å². The summed E-state index contributed by atoms with van der Waals surface area (Å²) in [6.07, 6.45) is 0. The van der Waals surface area contributed by atoms with E-state index in [1.807, 2.05) is 11.4 Å². The minimum atomic E-state index is -3.66. The smallest absolute Gasteiger partial charge is 0.246 e. The van der Waals surface area contributed by atoms with Crippen molar-refractivity contribution in [2.45, 2.75) is 18.4 Å². The highest BCUT2D eigenvalue weighted by molar-refractivity contribution is 9.10. The van der Waals surface area contributed by atoms with E-state index in [9.17, 15) is 8.42 Å². The van der Waals surface area contributed by atoms with Gasteiger partial charge in [0.1, 0.15) is 4.90 Å². The first-order chi connectivity index (χ1) is 8.81. The summed E-state index contributed by atoms with van der Waals surface area (Å²) in [7, 11) is -2.00. The van der Waals surface area contributed by atoms with Gasteiger partial charge in [-0.05, 0) is 28.9 Å². The largest absolute Gasteiger partial charge is 0.381 e. The molecule has 0 aliphatic heterocycles. The zero-order valence-corrected chi connectivity index (χ0v) is 13.6. The summed E-state index contributed by atoms with van der Waals surface area (Å²) in [5, 5.41) is 5.80. The Labute approximate surface area is 123 Å². The number of nitrogens with one attached hydrogen (secondary N) is 1. The monoisotopic (exact) mass is 364 g/mol. The molecule has 0 fully saturated rings. The van der Waals surface area contributed by atoms with Gasteiger partial charge >= 0.3 is 0 Å². The topological polar surface area (TPSA) is 90.0 Å². The highest BCUT2D eigenvalue weighted by Gasteiger charge is 2.24. The summed E-state index contributed by atoms with van der Waals surface area (Å²) >= 11 is 4.80. The van der Waals surface area contributed by atoms with E-state index in [4.69, 9.17) is 5.73 Å². The summed E-state index contributed by atoms with van der Waals surface area (Å²) in [4.78, 5) is 0.959. The van der Waals surface area contributed by atoms with Crippen LogP contribution in [0.2, 0.25) is 0 Å². The SMILES string of the molecule is Cc1c(S(=O)(=O)NCc2cc(Br)cs2)c(N)nn1C. The Balaban J connectivity index is 2.23. The van der Waals surface area contributed by atoms with Crippen molar-refractivity contribution in [1.29, 1.82) is 0 Å². The van der Waals surface area contributed by atoms with Crippen molar-refractivity contribution >= 4 is 43.1 Å². The molecule has 6 nitrogen and oxygen atoms in total. The second kappa shape index (κ2) is 5.23. The Morgan fingerprint density at radius 2 is 2.26 bits per heavy atom. The van der Waals surface area contributed by atoms with E-state index in [0.717, 1.165) is 9.35 Å². The number of aryl methyl sites for hydroxylation is 1. The van der Waals surface area contributed by atoms with Crippen molar-refractivity contribution in [2.75, 3.05) is 5.73 Å². The van der Waals surface area contributed by atoms with Crippen molar-refractivity contribution in [3.63, 3.8) is 0 Å². The fraction of sp³-hybridized carbons (Fsp3) is 0.300. The highest BCUT2D eigenvalue weighted by atomic mass is 79.9. The number of nitrogen functional groups attached to an aromatic ring is 1. The lowest BCUT2D eigenvalue weighted by Crippen LogP contribution is -2.24. The van der Waals surface area contributed by atoms with Crippen LogP contribution in [0, 0.1) is 6.92 Å². The molecule has 104 valence electrons. The summed E-state index contributed by atoms with van der Waals surface area (Å²) < 4.78 is 29.3. The van der Waals surface area contributed by atoms with Crippen LogP contribution in [0.5, 0.6) is 0 Å². The van der Waals surface area contributed by atoms with Gasteiger partial charge in [-0.3, -0.25) is 4.68 Å². The highest BCUT2D eigenvalue weighted by Crippen LogP contribution is 2.23. The zero-order valence-electron chi connectivity index (χ0n) is 10.3. The molecule has 0 radical (unpaired) electrons. The van der Waals surface area contributed by atoms with Crippen LogP contribution in [0.4, 0.5) is 5.82 Å². The Kier molecular flexibility index (Phi) is 4.00. The number of nitrogens with zero attached hydrogens (tertiary/aromatic N) is 2. The van der Waals surface area contributed by atoms with E-state index in [-0.39, 0.29) is 17.3 Å². The van der Waals surface area contributed by atoms with Gasteiger partial charge in [-0.25, -0.2) is 13.1 Å². The molecule has 0 bridgehead atoms. The molecular formula is C10H13BrN4O2S2. The summed E-state index contributed by atoms with van der Waals surface area (Å²) in [5.74, 6) is 0.0138. The number of sulfonamides is 1. The van der Waals surface area contributed by atoms with Crippen molar-refractivity contribution < 1.29 is 8.42 Å². The number of hydrogen-bond acceptors (Lipinski definition) is 5. The molecule has 0 aromatic carbocycles. The van der Waals surface area contributed by atoms with Gasteiger partial charge in [0.05, 0.1) is 5.69 Å². The average Bonchev–Trinajstić information content (AvgIpc) is 2.82. The van der Waals surface area contributed by atoms with Gasteiger partial charge in [0.25, 0.3) is 0 Å². The maximum atomic E-state index is 12.2. The average molecular weight is 365 g/mol. The number of anilines is 1. The molecule has 0 aliphatic carbocycles. The number of rotatable bonds is 4. The van der Waals surface area contributed by atoms with Crippen LogP contribution < -0.4 is 10.5 Å². The molecule has 0 saturated heterocycles. The maximum Gasteiger partial charge on any atom is 0.246 e. The van der Waals surface area contributed by atoms with Crippen molar-refractivity contribution in [1.82, 2.24) is 14.5 Å². The van der Waals surface area contributed by atoms with E-state index in [0.29, 0.717) is 5.69 Å². The fourth-order valence-corrected chi connectivity index (χ4v) is 4.44. The lowest BCUT2D eigenvalue weighted by atomic mass is 10.5. The van der Waals surface area contributed by atoms with Crippen LogP contribution >= 0.6 is 27.3 Å². The van der Waals surface area contributed by atoms with E-state index in [1.54, 1.807) is 14.0 Å². The molecule has 0 amide bonds. The summed E-state index contributed by atoms with van der Waals surface area (Å²) in [6.45, 7) is 1.89. The van der Waals surface area contributed by atoms with Crippen LogP contribution in [-0.4, -0.2) is 18.2 Å². The van der Waals surface area contributed by atoms with Gasteiger partial charge in [-0.2, -0.15) is 5.10 Å². The van der Waals surface area contributed by atoms with Crippen molar-refractivity contribution in [3.05, 3.63) is 26.5 Å². The van der Waals surface area contributed by atoms with E-state index >= 15 is 0 Å². The number of thiophene rings is 1. The first-order valence-corrected chi connectivity index (χ1v) is 8.48. The van der Waals surface area contributed by atoms with Gasteiger partial charge in [0.15, 0.2) is 5.82 Å². The van der Waals surface area contributed by atoms with Crippen LogP contribution in [0.15, 0.2) is 20.8 Å². The quantitative estimate of drug-likeness (QED) is 0.862. The van der Waals surface area contributed by atoms with Gasteiger partial charge < -0.3 is 5.73 Å². The molecule has 2 heterocycles. The van der Waals surface area contributed by atoms with Gasteiger partial charge in [0, 0.05) is 28.3 Å². The Bertz CT molecular complexity index is 705. The van der Waals surface area contributed by atoms with E-state index in [1.165, 1.54) is 16.0 Å². The molecule has 9 heteroatoms. The summed E-state index contributed by atoms with van der Waals surface area (Å²) in [5.41, 5.74) is 6.16. The first kappa shape index (κ1) is 14.5. The predicted octanol–water partition coefficient (Wildman–Crippen LogP) is 1.61. The third-order valence-corrected chi connectivity index (χ3v) is 5.90. The van der Waals surface area contributed by atoms with Crippen molar-refractivity contribution in [3.8, 4) is 0 Å². The second-order valence-corrected chi connectivity index (χ2v) is 7.59. The van der Waals surface area contributed by atoms with Gasteiger partial charge in [-0.15, -0.1) is 11.3 Å². The first-order valence-electron chi connectivity index (χ1n) is 5.33. The minimum absolute atomic E-state index is 0.0138. The molecule has 2 aromatic rings. The molecule has 3 N–H and O–H groups in total. The van der Waals surface area contributed by atoms with Crippen LogP contribution in [0.25, 0.3) is 0 Å². The molecule has 0 spiro atoms. The predicted molar refractivity (Wildman–Crippen MR) is 78.4 cm³/mol. The molecule has 19 heavy (non-hydrogen) atoms. The number of aromatic nitrogens is 2. The zero-order chi connectivity index (χ0) is 14.2. The molecule has 2 aromatic heterocycles. The fourth-order valence-electron chi connectivity index (χ4n) is 1.63. The lowest BCUT2D eigenvalue weighted by molar-refractivity contribution is 0.581. The number of hydrogen-bond donors (Lipinski definition) is 2. The number of halogens is 1. The minimum Gasteiger partial charge on any atom is -0.381 e. The molecule has 0 unspecified atom stereocenters. The maximum absolute atomic E-state index is 12.2. The molecular weight excluding hydrogens is 352 g/mol. The van der Waals surface area contributed by atoms with Crippen molar-refractivity contribution in [2.24, 2.45) is 7.05 Å². The number of nitrogens with two attached hydrogens (primary N) is 1. The third kappa shape index (κ3) is 2.99. The Morgan fingerprint density at radius 3 is 2.74 bits per heavy atom. The molecule has 0 atom stereocenters. The van der Waals surface area contributed by atoms with E-state index < -0.39 is 10.0 Å². The van der Waals surface area contributed by atoms with Gasteiger partial charge in [0.2, 0.25) is 10.0 Å². The third-order valence-electron chi connectivity index (χ3n) is 2.63. The Hall–Kier alpha value is -0.900. The normalized spacial score (nSPS) is 11.9. The second-order valence-electron chi connectivity index (χ2n) is 3.98. The van der Waals surface area contributed by atoms with Crippen LogP contribution in [0.1, 0.15) is 10.6 Å². The molecule has 0 aliphatic rings. The Morgan fingerprint density at radius 1 is 1.58 bits per heavy atom.